The van der Waals surface area contributed by atoms with Crippen molar-refractivity contribution >= 4 is 6.16 Å². The van der Waals surface area contributed by atoms with Crippen LogP contribution in [0.4, 0.5) is 4.79 Å². The number of hydrogen-bond donors (Lipinski definition) is 0. The van der Waals surface area contributed by atoms with Crippen molar-refractivity contribution in [2.45, 2.75) is 6.92 Å². The van der Waals surface area contributed by atoms with Crippen molar-refractivity contribution < 1.29 is 14.3 Å². The third-order valence-corrected chi connectivity index (χ3v) is 2.60. The third kappa shape index (κ3) is 3.72. The van der Waals surface area contributed by atoms with E-state index in [0.29, 0.717) is 5.75 Å². The van der Waals surface area contributed by atoms with Crippen LogP contribution in [0, 0.1) is 0 Å². The van der Waals surface area contributed by atoms with Gasteiger partial charge in [-0.15, -0.1) is 0 Å². The second-order valence-electron chi connectivity index (χ2n) is 4.46. The van der Waals surface area contributed by atoms with E-state index in [4.69, 9.17) is 9.47 Å². The standard InChI is InChI=1S/C17H16O3/c1-13(2)12-19-17(18)20-16-11-7-6-10-15(16)14-8-4-3-5-9-14/h3-11H,1,12H2,2H3. The topological polar surface area (TPSA) is 35.5 Å². The molecule has 3 nitrogen and oxygen atoms in total. The first kappa shape index (κ1) is 13.9. The van der Waals surface area contributed by atoms with Crippen LogP contribution >= 0.6 is 0 Å². The van der Waals surface area contributed by atoms with E-state index in [2.05, 4.69) is 6.58 Å². The summed E-state index contributed by atoms with van der Waals surface area (Å²) >= 11 is 0. The van der Waals surface area contributed by atoms with Gasteiger partial charge in [0, 0.05) is 5.56 Å². The van der Waals surface area contributed by atoms with Crippen LogP contribution in [0.5, 0.6) is 5.75 Å². The molecule has 20 heavy (non-hydrogen) atoms. The van der Waals surface area contributed by atoms with Gasteiger partial charge in [-0.25, -0.2) is 4.79 Å². The lowest BCUT2D eigenvalue weighted by molar-refractivity contribution is 0.107. The van der Waals surface area contributed by atoms with Gasteiger partial charge in [0.15, 0.2) is 0 Å². The largest absolute Gasteiger partial charge is 0.514 e. The van der Waals surface area contributed by atoms with Crippen LogP contribution in [-0.2, 0) is 4.74 Å². The summed E-state index contributed by atoms with van der Waals surface area (Å²) in [5.41, 5.74) is 2.59. The van der Waals surface area contributed by atoms with Gasteiger partial charge in [-0.2, -0.15) is 0 Å². The highest BCUT2D eigenvalue weighted by molar-refractivity contribution is 5.74. The fourth-order valence-corrected chi connectivity index (χ4v) is 1.71. The van der Waals surface area contributed by atoms with Gasteiger partial charge < -0.3 is 9.47 Å². The molecule has 0 spiro atoms. The van der Waals surface area contributed by atoms with Gasteiger partial charge in [-0.3, -0.25) is 0 Å². The summed E-state index contributed by atoms with van der Waals surface area (Å²) < 4.78 is 10.2. The molecule has 0 N–H and O–H groups in total. The molecule has 0 unspecified atom stereocenters. The Kier molecular flexibility index (Phi) is 4.56. The molecule has 0 amide bonds. The van der Waals surface area contributed by atoms with Gasteiger partial charge in [0.05, 0.1) is 0 Å². The number of hydrogen-bond acceptors (Lipinski definition) is 3. The highest BCUT2D eigenvalue weighted by atomic mass is 16.7. The summed E-state index contributed by atoms with van der Waals surface area (Å²) in [6.07, 6.45) is -0.726. The number of rotatable bonds is 4. The molecular formula is C17H16O3. The van der Waals surface area contributed by atoms with Gasteiger partial charge in [0.25, 0.3) is 0 Å². The zero-order chi connectivity index (χ0) is 14.4. The van der Waals surface area contributed by atoms with Crippen molar-refractivity contribution in [3.05, 3.63) is 66.7 Å². The first-order valence-electron chi connectivity index (χ1n) is 6.30. The molecular weight excluding hydrogens is 252 g/mol. The van der Waals surface area contributed by atoms with E-state index < -0.39 is 6.16 Å². The van der Waals surface area contributed by atoms with Crippen LogP contribution in [0.15, 0.2) is 66.7 Å². The predicted molar refractivity (Wildman–Crippen MR) is 78.7 cm³/mol. The fourth-order valence-electron chi connectivity index (χ4n) is 1.71. The van der Waals surface area contributed by atoms with Crippen LogP contribution in [0.1, 0.15) is 6.92 Å². The summed E-state index contributed by atoms with van der Waals surface area (Å²) in [4.78, 5) is 11.6. The lowest BCUT2D eigenvalue weighted by Crippen LogP contribution is -2.12. The summed E-state index contributed by atoms with van der Waals surface area (Å²) in [5, 5.41) is 0. The van der Waals surface area contributed by atoms with E-state index in [9.17, 15) is 4.79 Å². The number of ether oxygens (including phenoxy) is 2. The molecule has 0 aliphatic rings. The van der Waals surface area contributed by atoms with Crippen LogP contribution in [0.25, 0.3) is 11.1 Å². The Morgan fingerprint density at radius 3 is 2.40 bits per heavy atom. The Morgan fingerprint density at radius 2 is 1.70 bits per heavy atom. The molecule has 0 atom stereocenters. The molecule has 0 fully saturated rings. The van der Waals surface area contributed by atoms with Crippen molar-refractivity contribution in [1.82, 2.24) is 0 Å². The Labute approximate surface area is 118 Å². The Hall–Kier alpha value is -2.55. The number of para-hydroxylation sites is 1. The molecule has 0 aliphatic heterocycles. The van der Waals surface area contributed by atoms with Gasteiger partial charge in [-0.1, -0.05) is 55.1 Å². The number of benzene rings is 2. The monoisotopic (exact) mass is 268 g/mol. The van der Waals surface area contributed by atoms with Crippen molar-refractivity contribution in [3.8, 4) is 16.9 Å². The SMILES string of the molecule is C=C(C)COC(=O)Oc1ccccc1-c1ccccc1. The molecule has 2 rings (SSSR count). The second-order valence-corrected chi connectivity index (χ2v) is 4.46. The maximum atomic E-state index is 11.6. The van der Waals surface area contributed by atoms with Gasteiger partial charge in [0.2, 0.25) is 0 Å². The zero-order valence-electron chi connectivity index (χ0n) is 11.3. The van der Waals surface area contributed by atoms with Crippen molar-refractivity contribution in [3.63, 3.8) is 0 Å². The average molecular weight is 268 g/mol. The van der Waals surface area contributed by atoms with Crippen LogP contribution in [0.2, 0.25) is 0 Å². The molecule has 0 bridgehead atoms. The van der Waals surface area contributed by atoms with Crippen molar-refractivity contribution in [2.24, 2.45) is 0 Å². The average Bonchev–Trinajstić information content (AvgIpc) is 2.47. The fraction of sp³-hybridized carbons (Fsp3) is 0.118. The van der Waals surface area contributed by atoms with E-state index in [1.54, 1.807) is 13.0 Å². The van der Waals surface area contributed by atoms with Gasteiger partial charge in [0.1, 0.15) is 12.4 Å². The lowest BCUT2D eigenvalue weighted by atomic mass is 10.1. The van der Waals surface area contributed by atoms with Gasteiger partial charge >= 0.3 is 6.16 Å². The van der Waals surface area contributed by atoms with Crippen molar-refractivity contribution in [2.75, 3.05) is 6.61 Å². The molecule has 2 aromatic rings. The Balaban J connectivity index is 2.17. The summed E-state index contributed by atoms with van der Waals surface area (Å²) in [6.45, 7) is 5.61. The highest BCUT2D eigenvalue weighted by Crippen LogP contribution is 2.29. The lowest BCUT2D eigenvalue weighted by Gasteiger charge is -2.10. The summed E-state index contributed by atoms with van der Waals surface area (Å²) in [6, 6.07) is 17.1. The number of carbonyl (C=O) groups is 1. The minimum Gasteiger partial charge on any atom is -0.429 e. The summed E-state index contributed by atoms with van der Waals surface area (Å²) in [5.74, 6) is 0.477. The van der Waals surface area contributed by atoms with Gasteiger partial charge in [-0.05, 0) is 24.1 Å². The Morgan fingerprint density at radius 1 is 1.05 bits per heavy atom. The van der Waals surface area contributed by atoms with E-state index in [0.717, 1.165) is 16.7 Å². The maximum absolute atomic E-state index is 11.6. The first-order valence-corrected chi connectivity index (χ1v) is 6.30. The molecule has 0 saturated heterocycles. The molecule has 102 valence electrons. The van der Waals surface area contributed by atoms with E-state index in [1.807, 2.05) is 48.5 Å². The summed E-state index contributed by atoms with van der Waals surface area (Å²) in [7, 11) is 0. The minimum absolute atomic E-state index is 0.159. The zero-order valence-corrected chi connectivity index (χ0v) is 11.3. The molecule has 0 aromatic heterocycles. The maximum Gasteiger partial charge on any atom is 0.514 e. The normalized spacial score (nSPS) is 9.85. The molecule has 0 aliphatic carbocycles. The quantitative estimate of drug-likeness (QED) is 0.467. The smallest absolute Gasteiger partial charge is 0.429 e. The van der Waals surface area contributed by atoms with Crippen LogP contribution in [-0.4, -0.2) is 12.8 Å². The third-order valence-electron chi connectivity index (χ3n) is 2.60. The predicted octanol–water partition coefficient (Wildman–Crippen LogP) is 4.45. The van der Waals surface area contributed by atoms with Crippen LogP contribution in [0.3, 0.4) is 0 Å². The van der Waals surface area contributed by atoms with Crippen LogP contribution < -0.4 is 4.74 Å². The van der Waals surface area contributed by atoms with E-state index >= 15 is 0 Å². The molecule has 0 radical (unpaired) electrons. The number of carbonyl (C=O) groups excluding carboxylic acids is 1. The molecule has 2 aromatic carbocycles. The molecule has 0 heterocycles. The second kappa shape index (κ2) is 6.57. The molecule has 0 saturated carbocycles. The van der Waals surface area contributed by atoms with E-state index in [1.165, 1.54) is 0 Å². The van der Waals surface area contributed by atoms with E-state index in [-0.39, 0.29) is 6.61 Å². The minimum atomic E-state index is -0.726. The first-order chi connectivity index (χ1) is 9.66. The Bertz CT molecular complexity index is 603. The highest BCUT2D eigenvalue weighted by Gasteiger charge is 2.11. The van der Waals surface area contributed by atoms with Crippen molar-refractivity contribution in [1.29, 1.82) is 0 Å². The molecule has 3 heteroatoms.